The fraction of sp³-hybridized carbons (Fsp3) is 0. The van der Waals surface area contributed by atoms with E-state index in [4.69, 9.17) is 0 Å². The summed E-state index contributed by atoms with van der Waals surface area (Å²) < 4.78 is 0. The van der Waals surface area contributed by atoms with Crippen LogP contribution in [-0.2, 0) is 4.79 Å². The predicted molar refractivity (Wildman–Crippen MR) is 64.7 cm³/mol. The van der Waals surface area contributed by atoms with Crippen LogP contribution in [0.4, 0.5) is 11.4 Å². The number of rotatable bonds is 4. The SMILES string of the molecule is O=[C]N(Nc1ccccc1)c1ccccc1. The average molecular weight is 211 g/mol. The van der Waals surface area contributed by atoms with E-state index in [1.807, 2.05) is 67.1 Å². The van der Waals surface area contributed by atoms with Gasteiger partial charge in [0.25, 0.3) is 0 Å². The lowest BCUT2D eigenvalue weighted by atomic mass is 10.3. The Hall–Kier alpha value is -2.29. The number of carbonyl (C=O) groups excluding carboxylic acids is 1. The summed E-state index contributed by atoms with van der Waals surface area (Å²) in [5.41, 5.74) is 4.55. The molecule has 0 saturated heterocycles. The summed E-state index contributed by atoms with van der Waals surface area (Å²) in [5, 5.41) is 1.31. The first kappa shape index (κ1) is 10.2. The molecule has 1 radical (unpaired) electrons. The minimum absolute atomic E-state index is 0.751. The van der Waals surface area contributed by atoms with Crippen molar-refractivity contribution in [1.82, 2.24) is 0 Å². The fourth-order valence-electron chi connectivity index (χ4n) is 1.36. The highest BCUT2D eigenvalue weighted by Crippen LogP contribution is 2.14. The van der Waals surface area contributed by atoms with Crippen molar-refractivity contribution in [3.05, 3.63) is 60.7 Å². The summed E-state index contributed by atoms with van der Waals surface area (Å²) in [7, 11) is 0. The van der Waals surface area contributed by atoms with Gasteiger partial charge < -0.3 is 0 Å². The van der Waals surface area contributed by atoms with Crippen LogP contribution in [0, 0.1) is 0 Å². The number of benzene rings is 2. The minimum atomic E-state index is 0.751. The molecule has 3 heteroatoms. The first-order valence-electron chi connectivity index (χ1n) is 4.95. The van der Waals surface area contributed by atoms with Gasteiger partial charge in [0, 0.05) is 0 Å². The van der Waals surface area contributed by atoms with Gasteiger partial charge in [-0.05, 0) is 24.3 Å². The van der Waals surface area contributed by atoms with Gasteiger partial charge in [0.05, 0.1) is 11.4 Å². The number of nitrogens with one attached hydrogen (secondary N) is 1. The maximum Gasteiger partial charge on any atom is 0.337 e. The first-order chi connectivity index (χ1) is 7.90. The fourth-order valence-corrected chi connectivity index (χ4v) is 1.36. The van der Waals surface area contributed by atoms with Crippen LogP contribution < -0.4 is 10.4 Å². The average Bonchev–Trinajstić information content (AvgIpc) is 2.38. The van der Waals surface area contributed by atoms with Gasteiger partial charge in [0.2, 0.25) is 0 Å². The molecule has 0 atom stereocenters. The van der Waals surface area contributed by atoms with Crippen molar-refractivity contribution in [1.29, 1.82) is 0 Å². The molecule has 0 fully saturated rings. The second kappa shape index (κ2) is 4.98. The van der Waals surface area contributed by atoms with E-state index in [9.17, 15) is 4.79 Å². The monoisotopic (exact) mass is 211 g/mol. The molecule has 0 aliphatic heterocycles. The van der Waals surface area contributed by atoms with Crippen molar-refractivity contribution in [2.45, 2.75) is 0 Å². The molecule has 0 unspecified atom stereocenters. The van der Waals surface area contributed by atoms with Gasteiger partial charge in [-0.15, -0.1) is 0 Å². The second-order valence-corrected chi connectivity index (χ2v) is 3.24. The molecule has 0 aliphatic rings. The number of hydrogen-bond donors (Lipinski definition) is 1. The molecular weight excluding hydrogens is 200 g/mol. The summed E-state index contributed by atoms with van der Waals surface area (Å²) in [5.74, 6) is 0. The van der Waals surface area contributed by atoms with E-state index in [0.717, 1.165) is 11.4 Å². The normalized spacial score (nSPS) is 9.50. The number of hydrazine groups is 1. The topological polar surface area (TPSA) is 32.3 Å². The van der Waals surface area contributed by atoms with E-state index >= 15 is 0 Å². The van der Waals surface area contributed by atoms with Crippen LogP contribution in [-0.4, -0.2) is 6.41 Å². The van der Waals surface area contributed by atoms with Gasteiger partial charge in [-0.3, -0.25) is 10.2 Å². The number of para-hydroxylation sites is 2. The van der Waals surface area contributed by atoms with Crippen molar-refractivity contribution >= 4 is 17.8 Å². The first-order valence-corrected chi connectivity index (χ1v) is 4.95. The molecule has 0 aliphatic carbocycles. The van der Waals surface area contributed by atoms with E-state index in [-0.39, 0.29) is 0 Å². The summed E-state index contributed by atoms with van der Waals surface area (Å²) in [6.07, 6.45) is 1.84. The third-order valence-corrected chi connectivity index (χ3v) is 2.12. The zero-order valence-corrected chi connectivity index (χ0v) is 8.63. The summed E-state index contributed by atoms with van der Waals surface area (Å²) >= 11 is 0. The molecule has 79 valence electrons. The molecule has 1 N–H and O–H groups in total. The Kier molecular flexibility index (Phi) is 3.18. The van der Waals surface area contributed by atoms with Gasteiger partial charge in [-0.2, -0.15) is 0 Å². The van der Waals surface area contributed by atoms with Gasteiger partial charge in [-0.1, -0.05) is 36.4 Å². The molecule has 2 rings (SSSR count). The molecule has 16 heavy (non-hydrogen) atoms. The summed E-state index contributed by atoms with van der Waals surface area (Å²) in [6.45, 7) is 0. The van der Waals surface area contributed by atoms with E-state index < -0.39 is 0 Å². The second-order valence-electron chi connectivity index (χ2n) is 3.24. The Labute approximate surface area is 94.3 Å². The van der Waals surface area contributed by atoms with Crippen LogP contribution in [0.3, 0.4) is 0 Å². The third-order valence-electron chi connectivity index (χ3n) is 2.12. The van der Waals surface area contributed by atoms with Crippen LogP contribution in [0.1, 0.15) is 0 Å². The molecule has 0 aromatic heterocycles. The third kappa shape index (κ3) is 2.39. The largest absolute Gasteiger partial charge is 0.337 e. The molecule has 0 bridgehead atoms. The predicted octanol–water partition coefficient (Wildman–Crippen LogP) is 2.59. The van der Waals surface area contributed by atoms with E-state index in [1.54, 1.807) is 0 Å². The zero-order valence-electron chi connectivity index (χ0n) is 8.63. The van der Waals surface area contributed by atoms with Crippen molar-refractivity contribution in [2.75, 3.05) is 10.4 Å². The van der Waals surface area contributed by atoms with Gasteiger partial charge in [0.15, 0.2) is 0 Å². The maximum atomic E-state index is 10.8. The van der Waals surface area contributed by atoms with Crippen LogP contribution in [0.25, 0.3) is 0 Å². The Morgan fingerprint density at radius 2 is 1.44 bits per heavy atom. The smallest absolute Gasteiger partial charge is 0.291 e. The summed E-state index contributed by atoms with van der Waals surface area (Å²) in [6, 6.07) is 18.8. The molecule has 0 spiro atoms. The Balaban J connectivity index is 2.16. The lowest BCUT2D eigenvalue weighted by molar-refractivity contribution is 0.554. The zero-order chi connectivity index (χ0) is 11.2. The number of hydrogen-bond acceptors (Lipinski definition) is 2. The summed E-state index contributed by atoms with van der Waals surface area (Å²) in [4.78, 5) is 10.8. The highest BCUT2D eigenvalue weighted by Gasteiger charge is 2.04. The van der Waals surface area contributed by atoms with Crippen molar-refractivity contribution in [3.8, 4) is 0 Å². The Bertz CT molecular complexity index is 442. The Morgan fingerprint density at radius 1 is 0.875 bits per heavy atom. The van der Waals surface area contributed by atoms with Crippen LogP contribution in [0.2, 0.25) is 0 Å². The van der Waals surface area contributed by atoms with Crippen LogP contribution in [0.15, 0.2) is 60.7 Å². The van der Waals surface area contributed by atoms with E-state index in [0.29, 0.717) is 0 Å². The number of nitrogens with zero attached hydrogens (tertiary/aromatic N) is 1. The highest BCUT2D eigenvalue weighted by atomic mass is 16.1. The van der Waals surface area contributed by atoms with Gasteiger partial charge in [0.1, 0.15) is 0 Å². The molecule has 1 amide bonds. The maximum absolute atomic E-state index is 10.8. The molecular formula is C13H11N2O. The van der Waals surface area contributed by atoms with Crippen LogP contribution in [0.5, 0.6) is 0 Å². The lowest BCUT2D eigenvalue weighted by Gasteiger charge is -2.18. The molecule has 0 saturated carbocycles. The molecule has 2 aromatic carbocycles. The Morgan fingerprint density at radius 3 is 2.00 bits per heavy atom. The van der Waals surface area contributed by atoms with E-state index in [1.165, 1.54) is 5.01 Å². The van der Waals surface area contributed by atoms with Gasteiger partial charge >= 0.3 is 6.41 Å². The highest BCUT2D eigenvalue weighted by molar-refractivity contribution is 5.78. The lowest BCUT2D eigenvalue weighted by Crippen LogP contribution is -2.27. The minimum Gasteiger partial charge on any atom is -0.291 e. The van der Waals surface area contributed by atoms with Crippen molar-refractivity contribution < 1.29 is 4.79 Å². The molecule has 3 nitrogen and oxygen atoms in total. The molecule has 2 aromatic rings. The van der Waals surface area contributed by atoms with Gasteiger partial charge in [-0.25, -0.2) is 5.01 Å². The van der Waals surface area contributed by atoms with Crippen molar-refractivity contribution in [2.24, 2.45) is 0 Å². The molecule has 0 heterocycles. The van der Waals surface area contributed by atoms with E-state index in [2.05, 4.69) is 5.43 Å². The number of anilines is 2. The quantitative estimate of drug-likeness (QED) is 0.622. The number of amides is 1. The van der Waals surface area contributed by atoms with Crippen LogP contribution >= 0.6 is 0 Å². The van der Waals surface area contributed by atoms with Crippen molar-refractivity contribution in [3.63, 3.8) is 0 Å². The standard InChI is InChI=1S/C13H11N2O/c16-11-15(13-9-5-2-6-10-13)14-12-7-3-1-4-8-12/h1-10,14H.